The van der Waals surface area contributed by atoms with E-state index in [1.807, 2.05) is 0 Å². The highest BCUT2D eigenvalue weighted by molar-refractivity contribution is 5.78. The van der Waals surface area contributed by atoms with E-state index in [4.69, 9.17) is 0 Å². The maximum absolute atomic E-state index is 11.6. The number of hydrogen-bond donors (Lipinski definition) is 2. The highest BCUT2D eigenvalue weighted by Gasteiger charge is 2.20. The Kier molecular flexibility index (Phi) is 6.52. The van der Waals surface area contributed by atoms with Crippen LogP contribution in [0.3, 0.4) is 0 Å². The fourth-order valence-corrected chi connectivity index (χ4v) is 2.42. The monoisotopic (exact) mass is 241 g/mol. The Morgan fingerprint density at radius 3 is 2.88 bits per heavy atom. The van der Waals surface area contributed by atoms with Crippen LogP contribution in [-0.4, -0.2) is 49.6 Å². The van der Waals surface area contributed by atoms with Crippen LogP contribution in [0.15, 0.2) is 0 Å². The van der Waals surface area contributed by atoms with Gasteiger partial charge in [-0.15, -0.1) is 0 Å². The molecule has 0 spiro atoms. The second-order valence-corrected chi connectivity index (χ2v) is 5.16. The fourth-order valence-electron chi connectivity index (χ4n) is 2.42. The molecular weight excluding hydrogens is 214 g/mol. The van der Waals surface area contributed by atoms with Crippen LogP contribution in [0.2, 0.25) is 0 Å². The molecule has 0 saturated carbocycles. The van der Waals surface area contributed by atoms with Crippen LogP contribution in [-0.2, 0) is 4.79 Å². The Morgan fingerprint density at radius 2 is 2.29 bits per heavy atom. The van der Waals surface area contributed by atoms with Crippen molar-refractivity contribution in [1.29, 1.82) is 0 Å². The third-order valence-corrected chi connectivity index (χ3v) is 3.47. The van der Waals surface area contributed by atoms with Crippen LogP contribution in [0.5, 0.6) is 0 Å². The van der Waals surface area contributed by atoms with Crippen molar-refractivity contribution < 1.29 is 4.79 Å². The minimum absolute atomic E-state index is 0.117. The molecule has 4 nitrogen and oxygen atoms in total. The van der Waals surface area contributed by atoms with Crippen molar-refractivity contribution in [3.05, 3.63) is 0 Å². The Hall–Kier alpha value is -0.610. The predicted molar refractivity (Wildman–Crippen MR) is 71.0 cm³/mol. The molecule has 0 bridgehead atoms. The first-order valence-electron chi connectivity index (χ1n) is 6.83. The summed E-state index contributed by atoms with van der Waals surface area (Å²) < 4.78 is 0. The van der Waals surface area contributed by atoms with Crippen molar-refractivity contribution >= 4 is 5.91 Å². The zero-order valence-corrected chi connectivity index (χ0v) is 11.5. The molecule has 4 heteroatoms. The molecule has 2 N–H and O–H groups in total. The Bertz CT molecular complexity index is 233. The molecule has 0 aromatic heterocycles. The molecule has 1 rings (SSSR count). The van der Waals surface area contributed by atoms with Crippen LogP contribution in [0.1, 0.15) is 39.5 Å². The zero-order valence-electron chi connectivity index (χ0n) is 11.5. The summed E-state index contributed by atoms with van der Waals surface area (Å²) in [6.07, 6.45) is 4.69. The molecule has 100 valence electrons. The van der Waals surface area contributed by atoms with Gasteiger partial charge in [0.2, 0.25) is 5.91 Å². The molecule has 1 fully saturated rings. The molecule has 2 atom stereocenters. The van der Waals surface area contributed by atoms with E-state index >= 15 is 0 Å². The van der Waals surface area contributed by atoms with Gasteiger partial charge in [0.25, 0.3) is 0 Å². The third kappa shape index (κ3) is 5.50. The van der Waals surface area contributed by atoms with Gasteiger partial charge in [0.05, 0.1) is 6.54 Å². The smallest absolute Gasteiger partial charge is 0.234 e. The average Bonchev–Trinajstić information content (AvgIpc) is 2.64. The number of nitrogens with zero attached hydrogens (tertiary/aromatic N) is 1. The molecule has 17 heavy (non-hydrogen) atoms. The quantitative estimate of drug-likeness (QED) is 0.698. The number of likely N-dealkylation sites (N-methyl/N-ethyl adjacent to an activating group) is 1. The van der Waals surface area contributed by atoms with E-state index in [9.17, 15) is 4.79 Å². The van der Waals surface area contributed by atoms with Crippen molar-refractivity contribution in [3.8, 4) is 0 Å². The number of hydrogen-bond acceptors (Lipinski definition) is 3. The number of likely N-dealkylation sites (tertiary alicyclic amines) is 1. The van der Waals surface area contributed by atoms with Crippen LogP contribution in [0.25, 0.3) is 0 Å². The topological polar surface area (TPSA) is 44.4 Å². The normalized spacial score (nSPS) is 22.6. The Morgan fingerprint density at radius 1 is 1.53 bits per heavy atom. The van der Waals surface area contributed by atoms with Gasteiger partial charge in [-0.2, -0.15) is 0 Å². The lowest BCUT2D eigenvalue weighted by molar-refractivity contribution is -0.120. The molecule has 0 radical (unpaired) electrons. The van der Waals surface area contributed by atoms with E-state index in [1.165, 1.54) is 19.4 Å². The Labute approximate surface area is 105 Å². The number of nitrogens with one attached hydrogen (secondary N) is 2. The summed E-state index contributed by atoms with van der Waals surface area (Å²) in [6, 6.07) is 0.902. The van der Waals surface area contributed by atoms with Gasteiger partial charge in [-0.25, -0.2) is 0 Å². The van der Waals surface area contributed by atoms with Crippen LogP contribution < -0.4 is 10.6 Å². The molecular formula is C13H27N3O. The van der Waals surface area contributed by atoms with Crippen molar-refractivity contribution in [2.24, 2.45) is 0 Å². The summed E-state index contributed by atoms with van der Waals surface area (Å²) in [4.78, 5) is 14.0. The number of carbonyl (C=O) groups is 1. The molecule has 0 aromatic carbocycles. The predicted octanol–water partition coefficient (Wildman–Crippen LogP) is 0.975. The summed E-state index contributed by atoms with van der Waals surface area (Å²) in [5, 5.41) is 6.25. The number of carbonyl (C=O) groups excluding carboxylic acids is 1. The van der Waals surface area contributed by atoms with Gasteiger partial charge in [0.15, 0.2) is 0 Å². The second-order valence-electron chi connectivity index (χ2n) is 5.16. The van der Waals surface area contributed by atoms with Gasteiger partial charge in [-0.1, -0.05) is 13.3 Å². The first-order valence-corrected chi connectivity index (χ1v) is 6.83. The molecule has 0 aliphatic carbocycles. The third-order valence-electron chi connectivity index (χ3n) is 3.47. The summed E-state index contributed by atoms with van der Waals surface area (Å²) >= 11 is 0. The van der Waals surface area contributed by atoms with Crippen molar-refractivity contribution in [1.82, 2.24) is 15.5 Å². The maximum Gasteiger partial charge on any atom is 0.234 e. The maximum atomic E-state index is 11.6. The summed E-state index contributed by atoms with van der Waals surface area (Å²) in [5.74, 6) is 0.117. The van der Waals surface area contributed by atoms with E-state index < -0.39 is 0 Å². The SMILES string of the molecule is CCCC(C)NC(=O)CNCC1CCCN1C. The van der Waals surface area contributed by atoms with Crippen molar-refractivity contribution in [2.75, 3.05) is 26.7 Å². The van der Waals surface area contributed by atoms with E-state index in [0.717, 1.165) is 19.4 Å². The largest absolute Gasteiger partial charge is 0.353 e. The lowest BCUT2D eigenvalue weighted by Crippen LogP contribution is -2.42. The van der Waals surface area contributed by atoms with E-state index in [1.54, 1.807) is 0 Å². The molecule has 1 heterocycles. The molecule has 1 saturated heterocycles. The first kappa shape index (κ1) is 14.5. The minimum atomic E-state index is 0.117. The van der Waals surface area contributed by atoms with E-state index in [0.29, 0.717) is 18.6 Å². The highest BCUT2D eigenvalue weighted by atomic mass is 16.1. The van der Waals surface area contributed by atoms with Gasteiger partial charge >= 0.3 is 0 Å². The van der Waals surface area contributed by atoms with Gasteiger partial charge < -0.3 is 15.5 Å². The number of amides is 1. The van der Waals surface area contributed by atoms with Crippen molar-refractivity contribution in [2.45, 2.75) is 51.6 Å². The van der Waals surface area contributed by atoms with Crippen LogP contribution in [0.4, 0.5) is 0 Å². The van der Waals surface area contributed by atoms with Crippen molar-refractivity contribution in [3.63, 3.8) is 0 Å². The molecule has 1 aliphatic rings. The average molecular weight is 241 g/mol. The van der Waals surface area contributed by atoms with E-state index in [-0.39, 0.29) is 5.91 Å². The lowest BCUT2D eigenvalue weighted by Gasteiger charge is -2.20. The zero-order chi connectivity index (χ0) is 12.7. The molecule has 1 aliphatic heterocycles. The summed E-state index contributed by atoms with van der Waals surface area (Å²) in [5.41, 5.74) is 0. The van der Waals surface area contributed by atoms with E-state index in [2.05, 4.69) is 36.4 Å². The molecule has 1 amide bonds. The number of rotatable bonds is 7. The molecule has 0 aromatic rings. The first-order chi connectivity index (χ1) is 8.13. The van der Waals surface area contributed by atoms with Gasteiger partial charge in [0.1, 0.15) is 0 Å². The standard InChI is InChI=1S/C13H27N3O/c1-4-6-11(2)15-13(17)10-14-9-12-7-5-8-16(12)3/h11-12,14H,4-10H2,1-3H3,(H,15,17). The van der Waals surface area contributed by atoms with Gasteiger partial charge in [-0.05, 0) is 39.8 Å². The summed E-state index contributed by atoms with van der Waals surface area (Å²) in [6.45, 7) is 6.75. The second kappa shape index (κ2) is 7.67. The van der Waals surface area contributed by atoms with Gasteiger partial charge in [0, 0.05) is 18.6 Å². The van der Waals surface area contributed by atoms with Gasteiger partial charge in [-0.3, -0.25) is 4.79 Å². The van der Waals surface area contributed by atoms with Crippen LogP contribution >= 0.6 is 0 Å². The van der Waals surface area contributed by atoms with Crippen LogP contribution in [0, 0.1) is 0 Å². The Balaban J connectivity index is 2.07. The summed E-state index contributed by atoms with van der Waals surface area (Å²) in [7, 11) is 2.16. The molecule has 2 unspecified atom stereocenters. The lowest BCUT2D eigenvalue weighted by atomic mass is 10.2. The minimum Gasteiger partial charge on any atom is -0.353 e. The fraction of sp³-hybridized carbons (Fsp3) is 0.923. The highest BCUT2D eigenvalue weighted by Crippen LogP contribution is 2.13.